The van der Waals surface area contributed by atoms with Gasteiger partial charge in [0.05, 0.1) is 23.9 Å². The first kappa shape index (κ1) is 19.8. The van der Waals surface area contributed by atoms with Gasteiger partial charge in [-0.15, -0.1) is 0 Å². The predicted octanol–water partition coefficient (Wildman–Crippen LogP) is 3.82. The lowest BCUT2D eigenvalue weighted by atomic mass is 10.2. The number of hydrogen-bond acceptors (Lipinski definition) is 7. The lowest BCUT2D eigenvalue weighted by Gasteiger charge is -2.08. The van der Waals surface area contributed by atoms with E-state index < -0.39 is 17.7 Å². The van der Waals surface area contributed by atoms with E-state index >= 15 is 0 Å². The fraction of sp³-hybridized carbons (Fsp3) is 0.158. The average molecular weight is 431 g/mol. The predicted molar refractivity (Wildman–Crippen MR) is 104 cm³/mol. The maximum Gasteiger partial charge on any atom is 0.376 e. The summed E-state index contributed by atoms with van der Waals surface area (Å²) in [5.41, 5.74) is 1.27. The monoisotopic (exact) mass is 430 g/mol. The van der Waals surface area contributed by atoms with Crippen LogP contribution in [0.3, 0.4) is 0 Å². The Hall–Kier alpha value is -3.53. The van der Waals surface area contributed by atoms with Crippen molar-refractivity contribution in [1.29, 1.82) is 0 Å². The quantitative estimate of drug-likeness (QED) is 0.454. The summed E-state index contributed by atoms with van der Waals surface area (Å²) >= 11 is 5.96. The lowest BCUT2D eigenvalue weighted by molar-refractivity contribution is 0.00778. The van der Waals surface area contributed by atoms with E-state index in [2.05, 4.69) is 29.8 Å². The summed E-state index contributed by atoms with van der Waals surface area (Å²) in [7, 11) is 1.21. The highest BCUT2D eigenvalue weighted by molar-refractivity contribution is 6.30. The Kier molecular flexibility index (Phi) is 4.86. The van der Waals surface area contributed by atoms with Gasteiger partial charge in [-0.2, -0.15) is 13.9 Å². The number of benzene rings is 1. The second kappa shape index (κ2) is 7.38. The summed E-state index contributed by atoms with van der Waals surface area (Å²) in [6, 6.07) is 8.17. The lowest BCUT2D eigenvalue weighted by Crippen LogP contribution is -2.12. The zero-order valence-electron chi connectivity index (χ0n) is 15.7. The molecular formula is C19H13ClF2N6O2. The molecule has 0 atom stereocenters. The van der Waals surface area contributed by atoms with Gasteiger partial charge in [-0.3, -0.25) is 0 Å². The van der Waals surface area contributed by atoms with Gasteiger partial charge in [0, 0.05) is 24.3 Å². The van der Waals surface area contributed by atoms with E-state index in [-0.39, 0.29) is 22.9 Å². The highest BCUT2D eigenvalue weighted by atomic mass is 35.5. The fourth-order valence-corrected chi connectivity index (χ4v) is 2.87. The minimum absolute atomic E-state index is 0.161. The summed E-state index contributed by atoms with van der Waals surface area (Å²) < 4.78 is 33.5. The second-order valence-corrected chi connectivity index (χ2v) is 6.75. The van der Waals surface area contributed by atoms with Crippen molar-refractivity contribution in [3.05, 3.63) is 59.4 Å². The molecule has 0 saturated carbocycles. The molecule has 1 aromatic carbocycles. The van der Waals surface area contributed by atoms with Crippen molar-refractivity contribution in [1.82, 2.24) is 29.7 Å². The molecule has 11 heteroatoms. The van der Waals surface area contributed by atoms with Crippen molar-refractivity contribution < 1.29 is 18.3 Å². The van der Waals surface area contributed by atoms with E-state index in [0.717, 1.165) is 0 Å². The van der Waals surface area contributed by atoms with E-state index in [1.807, 2.05) is 0 Å². The first-order valence-electron chi connectivity index (χ1n) is 8.59. The minimum Gasteiger partial charge on any atom is -0.463 e. The average Bonchev–Trinajstić information content (AvgIpc) is 3.12. The zero-order valence-corrected chi connectivity index (χ0v) is 16.4. The van der Waals surface area contributed by atoms with Crippen molar-refractivity contribution in [3.63, 3.8) is 0 Å². The minimum atomic E-state index is -3.22. The topological polar surface area (TPSA) is 95.7 Å². The number of fused-ring (bicyclic) bond motifs is 1. The number of carbonyl (C=O) groups excluding carboxylic acids is 1. The molecule has 3 heterocycles. The van der Waals surface area contributed by atoms with Crippen LogP contribution in [0.15, 0.2) is 42.7 Å². The number of carbonyl (C=O) groups is 1. The van der Waals surface area contributed by atoms with E-state index in [1.54, 1.807) is 24.3 Å². The van der Waals surface area contributed by atoms with Crippen LogP contribution < -0.4 is 0 Å². The summed E-state index contributed by atoms with van der Waals surface area (Å²) in [5.74, 6) is -4.76. The van der Waals surface area contributed by atoms with E-state index in [9.17, 15) is 13.6 Å². The number of esters is 1. The molecule has 30 heavy (non-hydrogen) atoms. The van der Waals surface area contributed by atoms with Crippen LogP contribution in [-0.2, 0) is 10.7 Å². The molecule has 0 radical (unpaired) electrons. The molecule has 0 bridgehead atoms. The van der Waals surface area contributed by atoms with Crippen LogP contribution in [-0.4, -0.2) is 42.8 Å². The van der Waals surface area contributed by atoms with Gasteiger partial charge < -0.3 is 4.74 Å². The molecule has 0 aliphatic rings. The number of rotatable bonds is 4. The summed E-state index contributed by atoms with van der Waals surface area (Å²) in [6.45, 7) is 0.711. The van der Waals surface area contributed by atoms with Crippen LogP contribution in [0.2, 0.25) is 5.02 Å². The van der Waals surface area contributed by atoms with Gasteiger partial charge in [-0.05, 0) is 30.3 Å². The molecule has 8 nitrogen and oxygen atoms in total. The maximum absolute atomic E-state index is 13.7. The molecule has 4 rings (SSSR count). The Bertz CT molecular complexity index is 1250. The number of hydrogen-bond donors (Lipinski definition) is 0. The number of methoxy groups -OCH3 is 1. The molecule has 0 aliphatic heterocycles. The molecule has 0 saturated heterocycles. The molecular weight excluding hydrogens is 418 g/mol. The fourth-order valence-electron chi connectivity index (χ4n) is 2.75. The first-order valence-corrected chi connectivity index (χ1v) is 8.97. The van der Waals surface area contributed by atoms with Gasteiger partial charge in [0.15, 0.2) is 11.5 Å². The number of aromatic nitrogens is 6. The number of nitrogens with zero attached hydrogens (tertiary/aromatic N) is 6. The molecule has 4 aromatic rings. The molecule has 0 fully saturated rings. The van der Waals surface area contributed by atoms with Crippen LogP contribution in [0.1, 0.15) is 23.4 Å². The van der Waals surface area contributed by atoms with Gasteiger partial charge in [0.2, 0.25) is 5.82 Å². The van der Waals surface area contributed by atoms with Gasteiger partial charge in [-0.1, -0.05) is 11.6 Å². The third kappa shape index (κ3) is 3.57. The van der Waals surface area contributed by atoms with Gasteiger partial charge >= 0.3 is 11.9 Å². The molecule has 0 spiro atoms. The van der Waals surface area contributed by atoms with Crippen LogP contribution in [0.25, 0.3) is 28.1 Å². The van der Waals surface area contributed by atoms with E-state index in [0.29, 0.717) is 23.0 Å². The van der Waals surface area contributed by atoms with Crippen LogP contribution in [0.4, 0.5) is 8.78 Å². The highest BCUT2D eigenvalue weighted by Crippen LogP contribution is 2.30. The normalized spacial score (nSPS) is 11.6. The largest absolute Gasteiger partial charge is 0.463 e. The van der Waals surface area contributed by atoms with E-state index in [1.165, 1.54) is 30.3 Å². The van der Waals surface area contributed by atoms with Crippen LogP contribution in [0, 0.1) is 0 Å². The van der Waals surface area contributed by atoms with Crippen LogP contribution in [0.5, 0.6) is 0 Å². The Balaban J connectivity index is 1.97. The standard InChI is InChI=1S/C19H13ClF2N6O2/c1-19(21,22)18-23-8-7-13(25-18)14-12-9-24-15(17(29)30-2)26-16(12)28(27-14)11-5-3-10(20)4-6-11/h3-9H,1-2H3. The number of ether oxygens (including phenoxy) is 1. The molecule has 0 N–H and O–H groups in total. The molecule has 0 aliphatic carbocycles. The first-order chi connectivity index (χ1) is 14.3. The van der Waals surface area contributed by atoms with Crippen molar-refractivity contribution in [3.8, 4) is 17.1 Å². The summed E-state index contributed by atoms with van der Waals surface area (Å²) in [6.07, 6.45) is 2.60. The Morgan fingerprint density at radius 3 is 2.53 bits per heavy atom. The number of halogens is 3. The summed E-state index contributed by atoms with van der Waals surface area (Å²) in [4.78, 5) is 27.7. The third-order valence-corrected chi connectivity index (χ3v) is 4.41. The van der Waals surface area contributed by atoms with Crippen LogP contribution >= 0.6 is 11.6 Å². The van der Waals surface area contributed by atoms with Crippen molar-refractivity contribution in [2.45, 2.75) is 12.8 Å². The Labute approximate surface area is 173 Å². The SMILES string of the molecule is COC(=O)c1ncc2c(-c3ccnc(C(C)(F)F)n3)nn(-c3ccc(Cl)cc3)c2n1. The molecule has 152 valence electrons. The zero-order chi connectivity index (χ0) is 21.5. The third-order valence-electron chi connectivity index (χ3n) is 4.15. The van der Waals surface area contributed by atoms with E-state index in [4.69, 9.17) is 11.6 Å². The van der Waals surface area contributed by atoms with Gasteiger partial charge in [0.1, 0.15) is 5.69 Å². The van der Waals surface area contributed by atoms with Crippen molar-refractivity contribution >= 4 is 28.6 Å². The number of alkyl halides is 2. The highest BCUT2D eigenvalue weighted by Gasteiger charge is 2.29. The Morgan fingerprint density at radius 1 is 1.13 bits per heavy atom. The maximum atomic E-state index is 13.7. The smallest absolute Gasteiger partial charge is 0.376 e. The molecule has 0 unspecified atom stereocenters. The van der Waals surface area contributed by atoms with Crippen molar-refractivity contribution in [2.24, 2.45) is 0 Å². The Morgan fingerprint density at radius 2 is 1.87 bits per heavy atom. The van der Waals surface area contributed by atoms with Gasteiger partial charge in [0.25, 0.3) is 0 Å². The van der Waals surface area contributed by atoms with Gasteiger partial charge in [-0.25, -0.2) is 29.4 Å². The summed E-state index contributed by atoms with van der Waals surface area (Å²) in [5, 5.41) is 5.42. The molecule has 3 aromatic heterocycles. The molecule has 0 amide bonds. The second-order valence-electron chi connectivity index (χ2n) is 6.31. The van der Waals surface area contributed by atoms with Crippen molar-refractivity contribution in [2.75, 3.05) is 7.11 Å².